The topological polar surface area (TPSA) is 12.9 Å². The van der Waals surface area contributed by atoms with Gasteiger partial charge in [0.25, 0.3) is 0 Å². The molecule has 2 radical (unpaired) electrons. The fourth-order valence-corrected chi connectivity index (χ4v) is 5.66. The van der Waals surface area contributed by atoms with Crippen molar-refractivity contribution in [3.05, 3.63) is 78.5 Å². The number of rotatable bonds is 3. The Balaban J connectivity index is 1.30. The van der Waals surface area contributed by atoms with E-state index >= 15 is 0 Å². The minimum absolute atomic E-state index is 0.156. The second-order valence-electron chi connectivity index (χ2n) is 9.59. The Kier molecular flexibility index (Phi) is 5.27. The minimum Gasteiger partial charge on any atom is -0.256 e. The molecule has 1 aromatic heterocycles. The lowest BCUT2D eigenvalue weighted by molar-refractivity contribution is 0.105. The Labute approximate surface area is 182 Å². The van der Waals surface area contributed by atoms with Crippen molar-refractivity contribution in [1.29, 1.82) is 0 Å². The van der Waals surface area contributed by atoms with Gasteiger partial charge in [0, 0.05) is 17.3 Å². The highest BCUT2D eigenvalue weighted by Gasteiger charge is 2.41. The SMILES string of the molecule is [B]C1(c2ccc(-c3ccc(-c4ccccc4)nc3)cc2)CCC2(CCCCC2)CC1. The number of hydrogen-bond donors (Lipinski definition) is 0. The van der Waals surface area contributed by atoms with E-state index in [4.69, 9.17) is 7.85 Å². The molecule has 1 spiro atoms. The lowest BCUT2D eigenvalue weighted by atomic mass is 9.50. The van der Waals surface area contributed by atoms with E-state index in [0.717, 1.165) is 29.7 Å². The normalized spacial score (nSPS) is 20.1. The first kappa shape index (κ1) is 19.6. The van der Waals surface area contributed by atoms with Gasteiger partial charge in [0.1, 0.15) is 0 Å². The molecule has 0 aliphatic heterocycles. The van der Waals surface area contributed by atoms with Crippen LogP contribution in [0.5, 0.6) is 0 Å². The highest BCUT2D eigenvalue weighted by molar-refractivity contribution is 6.16. The van der Waals surface area contributed by atoms with Crippen LogP contribution in [0.25, 0.3) is 22.4 Å². The van der Waals surface area contributed by atoms with Gasteiger partial charge < -0.3 is 0 Å². The van der Waals surface area contributed by atoms with Crippen molar-refractivity contribution in [2.24, 2.45) is 5.41 Å². The van der Waals surface area contributed by atoms with Crippen LogP contribution in [0.15, 0.2) is 72.9 Å². The lowest BCUT2D eigenvalue weighted by Crippen LogP contribution is -2.38. The Morgan fingerprint density at radius 1 is 0.600 bits per heavy atom. The molecule has 150 valence electrons. The maximum Gasteiger partial charge on any atom is 0.0810 e. The van der Waals surface area contributed by atoms with E-state index in [1.807, 2.05) is 24.4 Å². The maximum absolute atomic E-state index is 6.93. The second-order valence-corrected chi connectivity index (χ2v) is 9.59. The Morgan fingerprint density at radius 2 is 1.27 bits per heavy atom. The third kappa shape index (κ3) is 3.85. The lowest BCUT2D eigenvalue weighted by Gasteiger charge is -2.47. The van der Waals surface area contributed by atoms with E-state index in [1.165, 1.54) is 56.1 Å². The molecule has 30 heavy (non-hydrogen) atoms. The van der Waals surface area contributed by atoms with Crippen molar-refractivity contribution in [3.63, 3.8) is 0 Å². The van der Waals surface area contributed by atoms with Gasteiger partial charge in [0.15, 0.2) is 0 Å². The molecule has 0 bridgehead atoms. The van der Waals surface area contributed by atoms with Gasteiger partial charge in [-0.25, -0.2) is 0 Å². The van der Waals surface area contributed by atoms with Crippen LogP contribution in [0.1, 0.15) is 63.4 Å². The number of hydrogen-bond acceptors (Lipinski definition) is 1. The fraction of sp³-hybridized carbons (Fsp3) is 0.393. The van der Waals surface area contributed by atoms with Gasteiger partial charge in [0.05, 0.1) is 13.5 Å². The zero-order chi connectivity index (χ0) is 20.4. The van der Waals surface area contributed by atoms with Crippen LogP contribution in [0, 0.1) is 5.41 Å². The van der Waals surface area contributed by atoms with Crippen LogP contribution in [0.4, 0.5) is 0 Å². The third-order valence-electron chi connectivity index (χ3n) is 7.74. The summed E-state index contributed by atoms with van der Waals surface area (Å²) in [4.78, 5) is 4.67. The largest absolute Gasteiger partial charge is 0.256 e. The van der Waals surface area contributed by atoms with E-state index in [0.29, 0.717) is 5.41 Å². The predicted molar refractivity (Wildman–Crippen MR) is 127 cm³/mol. The molecule has 2 fully saturated rings. The van der Waals surface area contributed by atoms with Gasteiger partial charge in [-0.1, -0.05) is 98.3 Å². The molecule has 1 nitrogen and oxygen atoms in total. The molecule has 0 amide bonds. The van der Waals surface area contributed by atoms with Crippen molar-refractivity contribution in [3.8, 4) is 22.4 Å². The van der Waals surface area contributed by atoms with Gasteiger partial charge in [-0.3, -0.25) is 4.98 Å². The molecule has 0 atom stereocenters. The summed E-state index contributed by atoms with van der Waals surface area (Å²) in [5, 5.41) is -0.156. The highest BCUT2D eigenvalue weighted by atomic mass is 14.7. The first-order valence-corrected chi connectivity index (χ1v) is 11.6. The number of aromatic nitrogens is 1. The molecule has 1 heterocycles. The second kappa shape index (κ2) is 8.06. The summed E-state index contributed by atoms with van der Waals surface area (Å²) in [5.74, 6) is 0. The summed E-state index contributed by atoms with van der Waals surface area (Å²) in [6.45, 7) is 0. The van der Waals surface area contributed by atoms with Crippen LogP contribution in [-0.2, 0) is 5.31 Å². The van der Waals surface area contributed by atoms with E-state index in [2.05, 4.69) is 53.5 Å². The van der Waals surface area contributed by atoms with Crippen molar-refractivity contribution < 1.29 is 0 Å². The summed E-state index contributed by atoms with van der Waals surface area (Å²) in [7, 11) is 6.93. The zero-order valence-corrected chi connectivity index (χ0v) is 17.8. The van der Waals surface area contributed by atoms with Gasteiger partial charge in [-0.2, -0.15) is 0 Å². The van der Waals surface area contributed by atoms with Crippen LogP contribution in [0.2, 0.25) is 0 Å². The molecule has 5 rings (SSSR count). The minimum atomic E-state index is -0.156. The van der Waals surface area contributed by atoms with Gasteiger partial charge in [0.2, 0.25) is 0 Å². The van der Waals surface area contributed by atoms with Crippen LogP contribution >= 0.6 is 0 Å². The van der Waals surface area contributed by atoms with Gasteiger partial charge in [-0.05, 0) is 48.0 Å². The first-order valence-electron chi connectivity index (χ1n) is 11.6. The quantitative estimate of drug-likeness (QED) is 0.427. The average molecular weight is 391 g/mol. The maximum atomic E-state index is 6.93. The molecule has 2 saturated carbocycles. The molecule has 2 aliphatic carbocycles. The zero-order valence-electron chi connectivity index (χ0n) is 17.8. The van der Waals surface area contributed by atoms with E-state index in [9.17, 15) is 0 Å². The van der Waals surface area contributed by atoms with E-state index in [-0.39, 0.29) is 5.31 Å². The molecule has 0 N–H and O–H groups in total. The predicted octanol–water partition coefficient (Wildman–Crippen LogP) is 7.30. The van der Waals surface area contributed by atoms with Gasteiger partial charge in [-0.15, -0.1) is 0 Å². The smallest absolute Gasteiger partial charge is 0.0810 e. The fourth-order valence-electron chi connectivity index (χ4n) is 5.66. The highest BCUT2D eigenvalue weighted by Crippen LogP contribution is 2.52. The summed E-state index contributed by atoms with van der Waals surface area (Å²) >= 11 is 0. The Bertz CT molecular complexity index is 959. The summed E-state index contributed by atoms with van der Waals surface area (Å²) in [6.07, 6.45) is 13.9. The number of benzene rings is 2. The van der Waals surface area contributed by atoms with Crippen molar-refractivity contribution in [1.82, 2.24) is 4.98 Å². The Morgan fingerprint density at radius 3 is 1.90 bits per heavy atom. The summed E-state index contributed by atoms with van der Waals surface area (Å²) < 4.78 is 0. The molecule has 0 unspecified atom stereocenters. The summed E-state index contributed by atoms with van der Waals surface area (Å²) in [6, 6.07) is 23.5. The number of pyridine rings is 1. The number of nitrogens with zero attached hydrogens (tertiary/aromatic N) is 1. The van der Waals surface area contributed by atoms with Crippen molar-refractivity contribution in [2.45, 2.75) is 63.1 Å². The molecule has 0 saturated heterocycles. The van der Waals surface area contributed by atoms with Crippen molar-refractivity contribution >= 4 is 7.85 Å². The molecular weight excluding hydrogens is 361 g/mol. The molecule has 3 aromatic rings. The van der Waals surface area contributed by atoms with E-state index in [1.54, 1.807) is 0 Å². The monoisotopic (exact) mass is 391 g/mol. The standard InChI is InChI=1S/C28H30BN/c29-28(19-17-27(18-20-28)15-5-2-6-16-27)25-12-9-22(10-13-25)24-11-14-26(30-21-24)23-7-3-1-4-8-23/h1,3-4,7-14,21H,2,5-6,15-20H2. The molecule has 2 heteroatoms. The third-order valence-corrected chi connectivity index (χ3v) is 7.74. The average Bonchev–Trinajstić information content (AvgIpc) is 2.83. The van der Waals surface area contributed by atoms with Crippen LogP contribution < -0.4 is 0 Å². The molecule has 2 aromatic carbocycles. The Hall–Kier alpha value is -2.35. The first-order chi connectivity index (χ1) is 14.7. The van der Waals surface area contributed by atoms with Crippen LogP contribution in [0.3, 0.4) is 0 Å². The van der Waals surface area contributed by atoms with E-state index < -0.39 is 0 Å². The van der Waals surface area contributed by atoms with Crippen molar-refractivity contribution in [2.75, 3.05) is 0 Å². The summed E-state index contributed by atoms with van der Waals surface area (Å²) in [5.41, 5.74) is 6.41. The molecule has 2 aliphatic rings. The van der Waals surface area contributed by atoms with Gasteiger partial charge >= 0.3 is 0 Å². The molecular formula is C28H30BN. The van der Waals surface area contributed by atoms with Crippen LogP contribution in [-0.4, -0.2) is 12.8 Å².